The zero-order valence-electron chi connectivity index (χ0n) is 15.2. The van der Waals surface area contributed by atoms with E-state index in [1.54, 1.807) is 23.1 Å². The number of rotatable bonds is 4. The van der Waals surface area contributed by atoms with Crippen LogP contribution in [0.1, 0.15) is 40.2 Å². The number of para-hydroxylation sites is 1. The van der Waals surface area contributed by atoms with Crippen LogP contribution < -0.4 is 5.63 Å². The Labute approximate surface area is 151 Å². The molecule has 0 radical (unpaired) electrons. The fraction of sp³-hybridized carbons (Fsp3) is 0.350. The fourth-order valence-corrected chi connectivity index (χ4v) is 3.34. The largest absolute Gasteiger partial charge is 0.422 e. The lowest BCUT2D eigenvalue weighted by Gasteiger charge is -2.22. The van der Waals surface area contributed by atoms with Crippen molar-refractivity contribution in [2.24, 2.45) is 7.05 Å². The van der Waals surface area contributed by atoms with E-state index in [1.807, 2.05) is 37.7 Å². The van der Waals surface area contributed by atoms with Crippen LogP contribution >= 0.6 is 0 Å². The molecule has 1 fully saturated rings. The molecule has 1 amide bonds. The lowest BCUT2D eigenvalue weighted by atomic mass is 10.1. The molecule has 2 aromatic heterocycles. The number of nitrogens with zero attached hydrogens (tertiary/aromatic N) is 3. The number of amides is 1. The lowest BCUT2D eigenvalue weighted by Crippen LogP contribution is -2.35. The van der Waals surface area contributed by atoms with Gasteiger partial charge in [0.25, 0.3) is 5.91 Å². The highest BCUT2D eigenvalue weighted by atomic mass is 16.4. The zero-order valence-corrected chi connectivity index (χ0v) is 15.2. The van der Waals surface area contributed by atoms with Crippen LogP contribution in [0.15, 0.2) is 39.5 Å². The van der Waals surface area contributed by atoms with Crippen LogP contribution in [0.25, 0.3) is 11.0 Å². The third-order valence-corrected chi connectivity index (χ3v) is 5.11. The van der Waals surface area contributed by atoms with Crippen LogP contribution in [0.3, 0.4) is 0 Å². The maximum atomic E-state index is 13.2. The average molecular weight is 351 g/mol. The van der Waals surface area contributed by atoms with Crippen LogP contribution in [0.2, 0.25) is 0 Å². The quantitative estimate of drug-likeness (QED) is 0.678. The molecule has 0 unspecified atom stereocenters. The summed E-state index contributed by atoms with van der Waals surface area (Å²) in [5.74, 6) is -0.269. The number of aryl methyl sites for hydroxylation is 2. The van der Waals surface area contributed by atoms with E-state index in [0.717, 1.165) is 35.2 Å². The Bertz CT molecular complexity index is 1060. The predicted octanol–water partition coefficient (Wildman–Crippen LogP) is 2.95. The van der Waals surface area contributed by atoms with Gasteiger partial charge in [0.2, 0.25) is 0 Å². The molecule has 1 aromatic carbocycles. The number of carbonyl (C=O) groups excluding carboxylic acids is 1. The molecule has 0 atom stereocenters. The van der Waals surface area contributed by atoms with Gasteiger partial charge in [-0.05, 0) is 38.8 Å². The molecule has 2 heterocycles. The minimum absolute atomic E-state index is 0.0924. The highest BCUT2D eigenvalue weighted by Crippen LogP contribution is 2.31. The van der Waals surface area contributed by atoms with Crippen molar-refractivity contribution >= 4 is 16.9 Å². The monoisotopic (exact) mass is 351 g/mol. The van der Waals surface area contributed by atoms with Gasteiger partial charge < -0.3 is 9.32 Å². The number of fused-ring (bicyclic) bond motifs is 1. The van der Waals surface area contributed by atoms with E-state index in [0.29, 0.717) is 12.1 Å². The Morgan fingerprint density at radius 3 is 2.69 bits per heavy atom. The van der Waals surface area contributed by atoms with Gasteiger partial charge in [0.1, 0.15) is 11.1 Å². The first kappa shape index (κ1) is 16.6. The second-order valence-corrected chi connectivity index (χ2v) is 6.92. The van der Waals surface area contributed by atoms with Crippen molar-refractivity contribution in [2.45, 2.75) is 39.3 Å². The van der Waals surface area contributed by atoms with E-state index < -0.39 is 5.63 Å². The maximum Gasteiger partial charge on any atom is 0.349 e. The minimum Gasteiger partial charge on any atom is -0.422 e. The van der Waals surface area contributed by atoms with Crippen LogP contribution in [0, 0.1) is 13.8 Å². The molecule has 4 rings (SSSR count). The van der Waals surface area contributed by atoms with E-state index in [4.69, 9.17) is 4.42 Å². The van der Waals surface area contributed by atoms with E-state index >= 15 is 0 Å². The summed E-state index contributed by atoms with van der Waals surface area (Å²) in [6.07, 6.45) is 1.92. The summed E-state index contributed by atoms with van der Waals surface area (Å²) in [7, 11) is 1.90. The van der Waals surface area contributed by atoms with Gasteiger partial charge in [-0.1, -0.05) is 18.2 Å². The summed E-state index contributed by atoms with van der Waals surface area (Å²) in [4.78, 5) is 27.3. The van der Waals surface area contributed by atoms with Crippen molar-refractivity contribution in [3.05, 3.63) is 63.3 Å². The third kappa shape index (κ3) is 2.81. The normalized spacial score (nSPS) is 14.0. The highest BCUT2D eigenvalue weighted by Gasteiger charge is 2.35. The molecule has 0 spiro atoms. The second kappa shape index (κ2) is 6.12. The molecule has 1 aliphatic carbocycles. The summed E-state index contributed by atoms with van der Waals surface area (Å²) in [5, 5.41) is 5.18. The van der Waals surface area contributed by atoms with Gasteiger partial charge in [-0.25, -0.2) is 4.79 Å². The van der Waals surface area contributed by atoms with Crippen molar-refractivity contribution in [1.82, 2.24) is 14.7 Å². The molecular weight excluding hydrogens is 330 g/mol. The number of aromatic nitrogens is 2. The summed E-state index contributed by atoms with van der Waals surface area (Å²) in [6, 6.07) is 9.04. The Kier molecular flexibility index (Phi) is 3.90. The topological polar surface area (TPSA) is 68.3 Å². The van der Waals surface area contributed by atoms with Gasteiger partial charge in [0, 0.05) is 36.3 Å². The Morgan fingerprint density at radius 2 is 2.04 bits per heavy atom. The summed E-state index contributed by atoms with van der Waals surface area (Å²) >= 11 is 0. The van der Waals surface area contributed by atoms with Crippen molar-refractivity contribution < 1.29 is 9.21 Å². The molecule has 134 valence electrons. The Morgan fingerprint density at radius 1 is 1.31 bits per heavy atom. The molecular formula is C20H21N3O3. The van der Waals surface area contributed by atoms with Crippen molar-refractivity contribution in [1.29, 1.82) is 0 Å². The molecule has 0 saturated heterocycles. The van der Waals surface area contributed by atoms with Crippen molar-refractivity contribution in [3.8, 4) is 0 Å². The van der Waals surface area contributed by atoms with Gasteiger partial charge >= 0.3 is 5.63 Å². The van der Waals surface area contributed by atoms with Gasteiger partial charge in [-0.3, -0.25) is 9.48 Å². The van der Waals surface area contributed by atoms with E-state index in [-0.39, 0.29) is 17.5 Å². The smallest absolute Gasteiger partial charge is 0.349 e. The maximum absolute atomic E-state index is 13.2. The number of hydrogen-bond acceptors (Lipinski definition) is 4. The van der Waals surface area contributed by atoms with Crippen LogP contribution in [-0.4, -0.2) is 26.6 Å². The first-order chi connectivity index (χ1) is 12.5. The SMILES string of the molecule is Cc1nn(C)c(C)c1CN(C(=O)c1cc2ccccc2oc1=O)C1CC1. The standard InChI is InChI=1S/C20H21N3O3/c1-12-17(13(2)22(3)21-12)11-23(15-8-9-15)19(24)16-10-14-6-4-5-7-18(14)26-20(16)25/h4-7,10,15H,8-9,11H2,1-3H3. The molecule has 6 heteroatoms. The second-order valence-electron chi connectivity index (χ2n) is 6.92. The molecule has 0 aliphatic heterocycles. The van der Waals surface area contributed by atoms with Crippen LogP contribution in [0.4, 0.5) is 0 Å². The number of benzene rings is 1. The van der Waals surface area contributed by atoms with Crippen molar-refractivity contribution in [2.75, 3.05) is 0 Å². The third-order valence-electron chi connectivity index (χ3n) is 5.11. The summed E-state index contributed by atoms with van der Waals surface area (Å²) in [6.45, 7) is 4.40. The first-order valence-corrected chi connectivity index (χ1v) is 8.78. The number of hydrogen-bond donors (Lipinski definition) is 0. The van der Waals surface area contributed by atoms with E-state index in [9.17, 15) is 9.59 Å². The molecule has 0 bridgehead atoms. The summed E-state index contributed by atoms with van der Waals surface area (Å²) < 4.78 is 7.17. The van der Waals surface area contributed by atoms with E-state index in [1.165, 1.54) is 0 Å². The van der Waals surface area contributed by atoms with Gasteiger partial charge in [-0.15, -0.1) is 0 Å². The number of carbonyl (C=O) groups is 1. The Hall–Kier alpha value is -2.89. The fourth-order valence-electron chi connectivity index (χ4n) is 3.34. The van der Waals surface area contributed by atoms with Gasteiger partial charge in [-0.2, -0.15) is 5.10 Å². The molecule has 1 saturated carbocycles. The van der Waals surface area contributed by atoms with Gasteiger partial charge in [0.05, 0.1) is 5.69 Å². The first-order valence-electron chi connectivity index (χ1n) is 8.78. The molecule has 3 aromatic rings. The molecule has 1 aliphatic rings. The van der Waals surface area contributed by atoms with Crippen LogP contribution in [0.5, 0.6) is 0 Å². The summed E-state index contributed by atoms with van der Waals surface area (Å²) in [5.41, 5.74) is 2.98. The zero-order chi connectivity index (χ0) is 18.4. The molecule has 6 nitrogen and oxygen atoms in total. The molecule has 26 heavy (non-hydrogen) atoms. The van der Waals surface area contributed by atoms with Gasteiger partial charge in [0.15, 0.2) is 0 Å². The van der Waals surface area contributed by atoms with Crippen LogP contribution in [-0.2, 0) is 13.6 Å². The highest BCUT2D eigenvalue weighted by molar-refractivity contribution is 5.97. The minimum atomic E-state index is -0.584. The lowest BCUT2D eigenvalue weighted by molar-refractivity contribution is 0.0725. The average Bonchev–Trinajstić information content (AvgIpc) is 3.42. The molecule has 0 N–H and O–H groups in total. The predicted molar refractivity (Wildman–Crippen MR) is 98.1 cm³/mol. The van der Waals surface area contributed by atoms with E-state index in [2.05, 4.69) is 5.10 Å². The Balaban J connectivity index is 1.72. The van der Waals surface area contributed by atoms with Crippen molar-refractivity contribution in [3.63, 3.8) is 0 Å².